The molecule has 2 unspecified atom stereocenters. The maximum absolute atomic E-state index is 11.8. The van der Waals surface area contributed by atoms with E-state index in [0.717, 1.165) is 25.9 Å². The molecule has 2 aliphatic rings. The maximum Gasteiger partial charge on any atom is 0.241 e. The molecule has 1 N–H and O–H groups in total. The highest BCUT2D eigenvalue weighted by Gasteiger charge is 2.34. The zero-order chi connectivity index (χ0) is 9.97. The van der Waals surface area contributed by atoms with Gasteiger partial charge in [-0.2, -0.15) is 0 Å². The molecule has 2 atom stereocenters. The number of rotatable bonds is 2. The number of amides is 1. The summed E-state index contributed by atoms with van der Waals surface area (Å²) in [4.78, 5) is 13.8. The average Bonchev–Trinajstić information content (AvgIpc) is 2.61. The highest BCUT2D eigenvalue weighted by atomic mass is 16.5. The third-order valence-electron chi connectivity index (χ3n) is 3.07. The summed E-state index contributed by atoms with van der Waals surface area (Å²) in [5.41, 5.74) is 0. The highest BCUT2D eigenvalue weighted by molar-refractivity contribution is 5.84. The molecule has 4 heteroatoms. The van der Waals surface area contributed by atoms with Gasteiger partial charge in [-0.1, -0.05) is 6.92 Å². The van der Waals surface area contributed by atoms with Crippen LogP contribution >= 0.6 is 0 Å². The number of hydrogen-bond acceptors (Lipinski definition) is 3. The van der Waals surface area contributed by atoms with Crippen LogP contribution in [0.1, 0.15) is 26.2 Å². The molecule has 4 nitrogen and oxygen atoms in total. The Hall–Kier alpha value is -0.610. The zero-order valence-corrected chi connectivity index (χ0v) is 8.66. The Kier molecular flexibility index (Phi) is 3.03. The van der Waals surface area contributed by atoms with Crippen molar-refractivity contribution in [3.8, 4) is 0 Å². The van der Waals surface area contributed by atoms with E-state index in [0.29, 0.717) is 19.3 Å². The molecular formula is C10H18N2O2. The SMILES string of the molecule is CCC1NCN(C2CCCOC2)C1=O. The lowest BCUT2D eigenvalue weighted by molar-refractivity contribution is -0.133. The smallest absolute Gasteiger partial charge is 0.241 e. The molecule has 2 saturated heterocycles. The lowest BCUT2D eigenvalue weighted by Crippen LogP contribution is -2.43. The molecule has 80 valence electrons. The third-order valence-corrected chi connectivity index (χ3v) is 3.07. The second kappa shape index (κ2) is 4.28. The standard InChI is InChI=1S/C10H18N2O2/c1-2-9-10(13)12(7-11-9)8-4-3-5-14-6-8/h8-9,11H,2-7H2,1H3. The number of hydrogen-bond donors (Lipinski definition) is 1. The van der Waals surface area contributed by atoms with E-state index in [9.17, 15) is 4.79 Å². The largest absolute Gasteiger partial charge is 0.379 e. The zero-order valence-electron chi connectivity index (χ0n) is 8.66. The molecule has 0 aromatic carbocycles. The fraction of sp³-hybridized carbons (Fsp3) is 0.900. The van der Waals surface area contributed by atoms with Crippen molar-refractivity contribution >= 4 is 5.91 Å². The number of carbonyl (C=O) groups excluding carboxylic acids is 1. The van der Waals surface area contributed by atoms with Gasteiger partial charge in [-0.3, -0.25) is 10.1 Å². The first kappa shape index (κ1) is 9.93. The van der Waals surface area contributed by atoms with Crippen molar-refractivity contribution < 1.29 is 9.53 Å². The quantitative estimate of drug-likeness (QED) is 0.695. The Morgan fingerprint density at radius 3 is 3.07 bits per heavy atom. The molecular weight excluding hydrogens is 180 g/mol. The summed E-state index contributed by atoms with van der Waals surface area (Å²) in [5, 5.41) is 3.22. The average molecular weight is 198 g/mol. The normalized spacial score (nSPS) is 33.8. The van der Waals surface area contributed by atoms with Crippen LogP contribution in [0.3, 0.4) is 0 Å². The van der Waals surface area contributed by atoms with Gasteiger partial charge in [0.15, 0.2) is 0 Å². The lowest BCUT2D eigenvalue weighted by Gasteiger charge is -2.30. The first-order chi connectivity index (χ1) is 6.83. The minimum atomic E-state index is 0.0388. The van der Waals surface area contributed by atoms with E-state index >= 15 is 0 Å². The lowest BCUT2D eigenvalue weighted by atomic mass is 10.1. The Morgan fingerprint density at radius 2 is 2.50 bits per heavy atom. The minimum absolute atomic E-state index is 0.0388. The van der Waals surface area contributed by atoms with Gasteiger partial charge in [0.2, 0.25) is 5.91 Å². The van der Waals surface area contributed by atoms with Crippen molar-refractivity contribution in [2.24, 2.45) is 0 Å². The van der Waals surface area contributed by atoms with Crippen molar-refractivity contribution in [2.75, 3.05) is 19.9 Å². The van der Waals surface area contributed by atoms with Crippen LogP contribution in [-0.4, -0.2) is 42.8 Å². The molecule has 2 heterocycles. The Morgan fingerprint density at radius 1 is 1.64 bits per heavy atom. The van der Waals surface area contributed by atoms with Crippen molar-refractivity contribution in [1.29, 1.82) is 0 Å². The van der Waals surface area contributed by atoms with Crippen LogP contribution in [0.15, 0.2) is 0 Å². The van der Waals surface area contributed by atoms with Crippen LogP contribution in [0, 0.1) is 0 Å². The predicted octanol–water partition coefficient (Wildman–Crippen LogP) is 0.333. The number of carbonyl (C=O) groups is 1. The second-order valence-corrected chi connectivity index (χ2v) is 4.00. The van der Waals surface area contributed by atoms with Gasteiger partial charge in [0.05, 0.1) is 25.4 Å². The Bertz CT molecular complexity index is 214. The summed E-state index contributed by atoms with van der Waals surface area (Å²) in [5.74, 6) is 0.253. The van der Waals surface area contributed by atoms with Crippen LogP contribution < -0.4 is 5.32 Å². The van der Waals surface area contributed by atoms with Crippen LogP contribution in [0.5, 0.6) is 0 Å². The van der Waals surface area contributed by atoms with E-state index in [1.807, 2.05) is 11.8 Å². The second-order valence-electron chi connectivity index (χ2n) is 4.00. The maximum atomic E-state index is 11.8. The van der Waals surface area contributed by atoms with Gasteiger partial charge in [-0.15, -0.1) is 0 Å². The molecule has 0 saturated carbocycles. The van der Waals surface area contributed by atoms with E-state index in [4.69, 9.17) is 4.74 Å². The summed E-state index contributed by atoms with van der Waals surface area (Å²) in [6, 6.07) is 0.345. The third kappa shape index (κ3) is 1.77. The van der Waals surface area contributed by atoms with Crippen molar-refractivity contribution in [1.82, 2.24) is 10.2 Å². The molecule has 0 radical (unpaired) electrons. The summed E-state index contributed by atoms with van der Waals surface area (Å²) < 4.78 is 5.39. The molecule has 0 aromatic heterocycles. The molecule has 14 heavy (non-hydrogen) atoms. The summed E-state index contributed by atoms with van der Waals surface area (Å²) >= 11 is 0. The van der Waals surface area contributed by atoms with Crippen molar-refractivity contribution in [2.45, 2.75) is 38.3 Å². The van der Waals surface area contributed by atoms with Gasteiger partial charge in [-0.05, 0) is 19.3 Å². The van der Waals surface area contributed by atoms with Gasteiger partial charge in [-0.25, -0.2) is 0 Å². The Labute approximate surface area is 84.6 Å². The molecule has 2 rings (SSSR count). The fourth-order valence-electron chi connectivity index (χ4n) is 2.17. The van der Waals surface area contributed by atoms with Gasteiger partial charge in [0.25, 0.3) is 0 Å². The van der Waals surface area contributed by atoms with Gasteiger partial charge in [0, 0.05) is 6.61 Å². The molecule has 0 spiro atoms. The molecule has 0 aromatic rings. The minimum Gasteiger partial charge on any atom is -0.379 e. The molecule has 0 bridgehead atoms. The fourth-order valence-corrected chi connectivity index (χ4v) is 2.17. The van der Waals surface area contributed by atoms with E-state index in [-0.39, 0.29) is 11.9 Å². The van der Waals surface area contributed by atoms with Crippen LogP contribution in [0.4, 0.5) is 0 Å². The van der Waals surface area contributed by atoms with E-state index in [2.05, 4.69) is 5.32 Å². The van der Waals surface area contributed by atoms with Crippen LogP contribution in [-0.2, 0) is 9.53 Å². The number of ether oxygens (including phenoxy) is 1. The Balaban J connectivity index is 1.94. The van der Waals surface area contributed by atoms with Gasteiger partial charge in [0.1, 0.15) is 0 Å². The van der Waals surface area contributed by atoms with Crippen LogP contribution in [0.25, 0.3) is 0 Å². The van der Waals surface area contributed by atoms with Gasteiger partial charge < -0.3 is 9.64 Å². The van der Waals surface area contributed by atoms with E-state index in [1.165, 1.54) is 0 Å². The predicted molar refractivity (Wildman–Crippen MR) is 52.8 cm³/mol. The van der Waals surface area contributed by atoms with Gasteiger partial charge >= 0.3 is 0 Å². The highest BCUT2D eigenvalue weighted by Crippen LogP contribution is 2.17. The van der Waals surface area contributed by atoms with E-state index in [1.54, 1.807) is 0 Å². The number of nitrogens with one attached hydrogen (secondary N) is 1. The topological polar surface area (TPSA) is 41.6 Å². The van der Waals surface area contributed by atoms with E-state index < -0.39 is 0 Å². The first-order valence-electron chi connectivity index (χ1n) is 5.44. The summed E-state index contributed by atoms with van der Waals surface area (Å²) in [6.07, 6.45) is 3.04. The molecule has 1 amide bonds. The van der Waals surface area contributed by atoms with Crippen molar-refractivity contribution in [3.05, 3.63) is 0 Å². The monoisotopic (exact) mass is 198 g/mol. The molecule has 2 aliphatic heterocycles. The molecule has 2 fully saturated rings. The summed E-state index contributed by atoms with van der Waals surface area (Å²) in [7, 11) is 0. The van der Waals surface area contributed by atoms with Crippen LogP contribution in [0.2, 0.25) is 0 Å². The van der Waals surface area contributed by atoms with Crippen molar-refractivity contribution in [3.63, 3.8) is 0 Å². The molecule has 0 aliphatic carbocycles. The first-order valence-corrected chi connectivity index (χ1v) is 5.44. The summed E-state index contributed by atoms with van der Waals surface area (Å²) in [6.45, 7) is 4.30. The number of nitrogens with zero attached hydrogens (tertiary/aromatic N) is 1.